The number of carbonyl (C=O) groups is 3. The highest BCUT2D eigenvalue weighted by atomic mass is 16.5. The Bertz CT molecular complexity index is 1160. The van der Waals surface area contributed by atoms with E-state index in [1.165, 1.54) is 6.08 Å². The number of imide groups is 2. The van der Waals surface area contributed by atoms with Crippen molar-refractivity contribution in [3.63, 3.8) is 0 Å². The molecule has 1 N–H and O–H groups in total. The van der Waals surface area contributed by atoms with Gasteiger partial charge >= 0.3 is 6.03 Å². The summed E-state index contributed by atoms with van der Waals surface area (Å²) in [4.78, 5) is 38.9. The van der Waals surface area contributed by atoms with Crippen LogP contribution in [-0.4, -0.2) is 29.0 Å². The lowest BCUT2D eigenvalue weighted by Gasteiger charge is -2.26. The molecule has 162 valence electrons. The van der Waals surface area contributed by atoms with Crippen molar-refractivity contribution < 1.29 is 19.1 Å². The van der Waals surface area contributed by atoms with E-state index in [1.807, 2.05) is 66.2 Å². The third kappa shape index (κ3) is 4.46. The second-order valence-corrected chi connectivity index (χ2v) is 7.27. The predicted octanol–water partition coefficient (Wildman–Crippen LogP) is 3.80. The smallest absolute Gasteiger partial charge is 0.335 e. The fraction of sp³-hybridized carbons (Fsp3) is 0.160. The maximum atomic E-state index is 13.1. The van der Waals surface area contributed by atoms with Gasteiger partial charge in [0.15, 0.2) is 0 Å². The summed E-state index contributed by atoms with van der Waals surface area (Å²) < 4.78 is 7.62. The Morgan fingerprint density at radius 2 is 1.69 bits per heavy atom. The molecule has 2 aromatic carbocycles. The van der Waals surface area contributed by atoms with E-state index in [0.29, 0.717) is 24.5 Å². The number of benzene rings is 2. The van der Waals surface area contributed by atoms with Crippen molar-refractivity contribution in [2.75, 3.05) is 11.5 Å². The number of nitrogens with zero attached hydrogens (tertiary/aromatic N) is 2. The Kier molecular flexibility index (Phi) is 6.17. The van der Waals surface area contributed by atoms with Gasteiger partial charge in [0.05, 0.1) is 12.2 Å². The number of hydrogen-bond donors (Lipinski definition) is 1. The van der Waals surface area contributed by atoms with Crippen LogP contribution in [-0.2, 0) is 22.6 Å². The maximum absolute atomic E-state index is 13.1. The minimum atomic E-state index is -0.756. The van der Waals surface area contributed by atoms with Crippen molar-refractivity contribution in [2.45, 2.75) is 19.9 Å². The van der Waals surface area contributed by atoms with Gasteiger partial charge in [-0.1, -0.05) is 37.3 Å². The summed E-state index contributed by atoms with van der Waals surface area (Å²) in [6, 6.07) is 19.5. The van der Waals surface area contributed by atoms with Crippen molar-refractivity contribution in [1.29, 1.82) is 0 Å². The van der Waals surface area contributed by atoms with Gasteiger partial charge in [-0.3, -0.25) is 14.9 Å². The SMILES string of the molecule is CCc1ccc(N2C(=O)NC(=O)C(=Cc3cccn3CCOc3ccccc3)C2=O)cc1. The quantitative estimate of drug-likeness (QED) is 0.458. The number of rotatable bonds is 7. The predicted molar refractivity (Wildman–Crippen MR) is 121 cm³/mol. The highest BCUT2D eigenvalue weighted by molar-refractivity contribution is 6.39. The zero-order valence-corrected chi connectivity index (χ0v) is 17.7. The van der Waals surface area contributed by atoms with Crippen molar-refractivity contribution in [2.24, 2.45) is 0 Å². The third-order valence-corrected chi connectivity index (χ3v) is 5.21. The Morgan fingerprint density at radius 3 is 2.41 bits per heavy atom. The van der Waals surface area contributed by atoms with Crippen molar-refractivity contribution in [1.82, 2.24) is 9.88 Å². The molecule has 4 rings (SSSR count). The van der Waals surface area contributed by atoms with Crippen molar-refractivity contribution in [3.8, 4) is 5.75 Å². The molecule has 7 heteroatoms. The topological polar surface area (TPSA) is 80.6 Å². The van der Waals surface area contributed by atoms with Gasteiger partial charge in [-0.25, -0.2) is 9.69 Å². The number of aromatic nitrogens is 1. The van der Waals surface area contributed by atoms with Crippen LogP contribution < -0.4 is 15.0 Å². The molecular weight excluding hydrogens is 406 g/mol. The Hall–Kier alpha value is -4.13. The number of amides is 4. The summed E-state index contributed by atoms with van der Waals surface area (Å²) >= 11 is 0. The molecule has 1 aromatic heterocycles. The number of anilines is 1. The molecule has 1 saturated heterocycles. The van der Waals surface area contributed by atoms with E-state index in [4.69, 9.17) is 4.74 Å². The van der Waals surface area contributed by atoms with E-state index < -0.39 is 17.8 Å². The van der Waals surface area contributed by atoms with Gasteiger partial charge in [0, 0.05) is 11.9 Å². The summed E-state index contributed by atoms with van der Waals surface area (Å²) in [6.45, 7) is 2.97. The number of ether oxygens (including phenoxy) is 1. The Balaban J connectivity index is 1.53. The lowest BCUT2D eigenvalue weighted by molar-refractivity contribution is -0.122. The van der Waals surface area contributed by atoms with Gasteiger partial charge in [0.25, 0.3) is 11.8 Å². The lowest BCUT2D eigenvalue weighted by Crippen LogP contribution is -2.54. The van der Waals surface area contributed by atoms with E-state index in [9.17, 15) is 14.4 Å². The summed E-state index contributed by atoms with van der Waals surface area (Å²) in [5, 5.41) is 2.26. The second kappa shape index (κ2) is 9.34. The first-order valence-electron chi connectivity index (χ1n) is 10.4. The maximum Gasteiger partial charge on any atom is 0.335 e. The molecule has 0 unspecified atom stereocenters. The van der Waals surface area contributed by atoms with Gasteiger partial charge in [-0.05, 0) is 54.5 Å². The van der Waals surface area contributed by atoms with Crippen LogP contribution in [0.25, 0.3) is 6.08 Å². The highest BCUT2D eigenvalue weighted by Crippen LogP contribution is 2.23. The Morgan fingerprint density at radius 1 is 0.938 bits per heavy atom. The van der Waals surface area contributed by atoms with Crippen LogP contribution >= 0.6 is 0 Å². The summed E-state index contributed by atoms with van der Waals surface area (Å²) in [5.41, 5.74) is 2.06. The monoisotopic (exact) mass is 429 g/mol. The summed E-state index contributed by atoms with van der Waals surface area (Å²) in [6.07, 6.45) is 4.19. The average Bonchev–Trinajstić information content (AvgIpc) is 3.24. The number of aryl methyl sites for hydroxylation is 1. The molecule has 1 aliphatic rings. The molecule has 0 atom stereocenters. The molecule has 2 heterocycles. The van der Waals surface area contributed by atoms with Crippen LogP contribution in [0.3, 0.4) is 0 Å². The van der Waals surface area contributed by atoms with Gasteiger partial charge in [0.1, 0.15) is 17.9 Å². The van der Waals surface area contributed by atoms with E-state index in [1.54, 1.807) is 18.2 Å². The van der Waals surface area contributed by atoms with Gasteiger partial charge in [-0.2, -0.15) is 0 Å². The minimum Gasteiger partial charge on any atom is -0.492 e. The largest absolute Gasteiger partial charge is 0.492 e. The van der Waals surface area contributed by atoms with Crippen LogP contribution in [0.15, 0.2) is 78.5 Å². The number of barbiturate groups is 1. The summed E-state index contributed by atoms with van der Waals surface area (Å²) in [7, 11) is 0. The van der Waals surface area contributed by atoms with Crippen LogP contribution in [0.4, 0.5) is 10.5 Å². The first-order valence-corrected chi connectivity index (χ1v) is 10.4. The molecular formula is C25H23N3O4. The first kappa shape index (κ1) is 21.1. The van der Waals surface area contributed by atoms with E-state index in [2.05, 4.69) is 5.32 Å². The first-order chi connectivity index (χ1) is 15.6. The molecule has 0 spiro atoms. The van der Waals surface area contributed by atoms with E-state index in [0.717, 1.165) is 22.6 Å². The molecule has 0 saturated carbocycles. The molecule has 0 bridgehead atoms. The fourth-order valence-corrected chi connectivity index (χ4v) is 3.46. The number of carbonyl (C=O) groups excluding carboxylic acids is 3. The molecule has 1 aliphatic heterocycles. The van der Waals surface area contributed by atoms with Crippen molar-refractivity contribution in [3.05, 3.63) is 89.8 Å². The standard InChI is InChI=1S/C25H23N3O4/c1-2-18-10-12-19(13-11-18)28-24(30)22(23(29)26-25(28)31)17-20-7-6-14-27(20)15-16-32-21-8-4-3-5-9-21/h3-14,17H,2,15-16H2,1H3,(H,26,29,31). The molecule has 4 amide bonds. The number of para-hydroxylation sites is 1. The van der Waals surface area contributed by atoms with Gasteiger partial charge < -0.3 is 9.30 Å². The van der Waals surface area contributed by atoms with E-state index in [-0.39, 0.29) is 5.57 Å². The molecule has 32 heavy (non-hydrogen) atoms. The molecule has 3 aromatic rings. The second-order valence-electron chi connectivity index (χ2n) is 7.27. The highest BCUT2D eigenvalue weighted by Gasteiger charge is 2.36. The van der Waals surface area contributed by atoms with Crippen LogP contribution in [0.1, 0.15) is 18.2 Å². The molecule has 1 fully saturated rings. The molecule has 0 aliphatic carbocycles. The number of urea groups is 1. The zero-order chi connectivity index (χ0) is 22.5. The van der Waals surface area contributed by atoms with Crippen LogP contribution in [0, 0.1) is 0 Å². The van der Waals surface area contributed by atoms with E-state index >= 15 is 0 Å². The lowest BCUT2D eigenvalue weighted by atomic mass is 10.1. The molecule has 0 radical (unpaired) electrons. The van der Waals surface area contributed by atoms with Crippen LogP contribution in [0.2, 0.25) is 0 Å². The van der Waals surface area contributed by atoms with Crippen LogP contribution in [0.5, 0.6) is 5.75 Å². The minimum absolute atomic E-state index is 0.104. The molecule has 7 nitrogen and oxygen atoms in total. The third-order valence-electron chi connectivity index (χ3n) is 5.21. The fourth-order valence-electron chi connectivity index (χ4n) is 3.46. The summed E-state index contributed by atoms with van der Waals surface area (Å²) in [5.74, 6) is -0.601. The normalized spacial score (nSPS) is 15.2. The number of nitrogens with one attached hydrogen (secondary N) is 1. The van der Waals surface area contributed by atoms with Crippen molar-refractivity contribution >= 4 is 29.6 Å². The average molecular weight is 429 g/mol. The van der Waals surface area contributed by atoms with Gasteiger partial charge in [0.2, 0.25) is 0 Å². The Labute approximate surface area is 185 Å². The van der Waals surface area contributed by atoms with Gasteiger partial charge in [-0.15, -0.1) is 0 Å². The number of hydrogen-bond acceptors (Lipinski definition) is 4. The zero-order valence-electron chi connectivity index (χ0n) is 17.7.